The predicted octanol–water partition coefficient (Wildman–Crippen LogP) is 4.86. The Morgan fingerprint density at radius 1 is 1.16 bits per heavy atom. The summed E-state index contributed by atoms with van der Waals surface area (Å²) in [6.07, 6.45) is 6.61. The van der Waals surface area contributed by atoms with Gasteiger partial charge in [0.2, 0.25) is 0 Å². The molecule has 3 rings (SSSR count). The van der Waals surface area contributed by atoms with Gasteiger partial charge in [0.05, 0.1) is 0 Å². The summed E-state index contributed by atoms with van der Waals surface area (Å²) in [5.74, 6) is 1.78. The molecule has 1 fully saturated rings. The quantitative estimate of drug-likeness (QED) is 0.739. The first-order chi connectivity index (χ1) is 9.25. The number of benzene rings is 1. The van der Waals surface area contributed by atoms with E-state index in [4.69, 9.17) is 9.47 Å². The lowest BCUT2D eigenvalue weighted by Crippen LogP contribution is -2.21. The summed E-state index contributed by atoms with van der Waals surface area (Å²) in [5, 5.41) is 0. The van der Waals surface area contributed by atoms with E-state index in [1.54, 1.807) is 0 Å². The van der Waals surface area contributed by atoms with Crippen molar-refractivity contribution in [3.63, 3.8) is 0 Å². The van der Waals surface area contributed by atoms with E-state index >= 15 is 0 Å². The molecule has 0 aromatic heterocycles. The third-order valence-corrected chi connectivity index (χ3v) is 6.20. The molecule has 1 heterocycles. The molecule has 0 amide bonds. The van der Waals surface area contributed by atoms with Crippen LogP contribution in [0.2, 0.25) is 0 Å². The van der Waals surface area contributed by atoms with Crippen LogP contribution in [0, 0.1) is 5.41 Å². The molecule has 0 radical (unpaired) electrons. The van der Waals surface area contributed by atoms with Crippen LogP contribution in [-0.2, 0) is 0 Å². The lowest BCUT2D eigenvalue weighted by atomic mass is 9.77. The van der Waals surface area contributed by atoms with E-state index in [0.29, 0.717) is 23.5 Å². The first kappa shape index (κ1) is 13.3. The van der Waals surface area contributed by atoms with Crippen LogP contribution in [0.3, 0.4) is 0 Å². The number of hydrogen-bond donors (Lipinski definition) is 0. The minimum absolute atomic E-state index is 0.420. The van der Waals surface area contributed by atoms with Gasteiger partial charge < -0.3 is 9.47 Å². The van der Waals surface area contributed by atoms with E-state index in [1.165, 1.54) is 37.7 Å². The van der Waals surface area contributed by atoms with Crippen molar-refractivity contribution in [1.82, 2.24) is 0 Å². The highest BCUT2D eigenvalue weighted by Gasteiger charge is 2.39. The van der Waals surface area contributed by atoms with Gasteiger partial charge in [0.15, 0.2) is 11.5 Å². The average molecular weight is 325 g/mol. The molecular weight excluding hydrogens is 304 g/mol. The fourth-order valence-corrected chi connectivity index (χ4v) is 4.50. The second-order valence-corrected chi connectivity index (χ2v) is 6.60. The number of ether oxygens (including phenoxy) is 2. The molecule has 1 saturated carbocycles. The van der Waals surface area contributed by atoms with Crippen molar-refractivity contribution >= 4 is 15.9 Å². The fraction of sp³-hybridized carbons (Fsp3) is 0.625. The Morgan fingerprint density at radius 2 is 1.84 bits per heavy atom. The van der Waals surface area contributed by atoms with Gasteiger partial charge in [0, 0.05) is 4.83 Å². The Morgan fingerprint density at radius 3 is 2.53 bits per heavy atom. The number of rotatable bonds is 3. The number of halogens is 1. The Kier molecular flexibility index (Phi) is 3.75. The molecule has 1 unspecified atom stereocenters. The first-order valence-corrected chi connectivity index (χ1v) is 8.20. The summed E-state index contributed by atoms with van der Waals surface area (Å²) < 4.78 is 11.3. The highest BCUT2D eigenvalue weighted by molar-refractivity contribution is 9.09. The molecule has 1 aliphatic carbocycles. The van der Waals surface area contributed by atoms with E-state index in [2.05, 4.69) is 41.1 Å². The van der Waals surface area contributed by atoms with E-state index in [9.17, 15) is 0 Å². The van der Waals surface area contributed by atoms with Gasteiger partial charge in [-0.25, -0.2) is 0 Å². The molecule has 1 aromatic carbocycles. The van der Waals surface area contributed by atoms with Crippen LogP contribution >= 0.6 is 15.9 Å². The molecule has 1 aliphatic heterocycles. The van der Waals surface area contributed by atoms with E-state index < -0.39 is 0 Å². The molecule has 0 spiro atoms. The van der Waals surface area contributed by atoms with Crippen LogP contribution in [0.4, 0.5) is 0 Å². The highest BCUT2D eigenvalue weighted by atomic mass is 79.9. The molecule has 1 atom stereocenters. The van der Waals surface area contributed by atoms with Crippen molar-refractivity contribution in [2.24, 2.45) is 5.41 Å². The van der Waals surface area contributed by atoms with Crippen molar-refractivity contribution in [3.05, 3.63) is 23.8 Å². The molecule has 0 bridgehead atoms. The fourth-order valence-electron chi connectivity index (χ4n) is 3.44. The zero-order chi connectivity index (χ0) is 13.3. The molecule has 0 N–H and O–H groups in total. The van der Waals surface area contributed by atoms with Crippen LogP contribution in [0.15, 0.2) is 18.2 Å². The normalized spacial score (nSPS) is 22.2. The van der Waals surface area contributed by atoms with Gasteiger partial charge >= 0.3 is 0 Å². The molecule has 104 valence electrons. The number of alkyl halides is 1. The highest BCUT2D eigenvalue weighted by Crippen LogP contribution is 2.54. The van der Waals surface area contributed by atoms with Gasteiger partial charge in [-0.2, -0.15) is 0 Å². The Labute approximate surface area is 123 Å². The topological polar surface area (TPSA) is 18.5 Å². The van der Waals surface area contributed by atoms with Gasteiger partial charge in [-0.3, -0.25) is 0 Å². The lowest BCUT2D eigenvalue weighted by Gasteiger charge is -2.34. The summed E-state index contributed by atoms with van der Waals surface area (Å²) in [5.41, 5.74) is 1.75. The van der Waals surface area contributed by atoms with Crippen molar-refractivity contribution < 1.29 is 9.47 Å². The largest absolute Gasteiger partial charge is 0.486 e. The van der Waals surface area contributed by atoms with E-state index in [1.807, 2.05) is 0 Å². The maximum absolute atomic E-state index is 5.70. The monoisotopic (exact) mass is 324 g/mol. The summed E-state index contributed by atoms with van der Waals surface area (Å²) in [7, 11) is 0. The van der Waals surface area contributed by atoms with Crippen LogP contribution in [0.25, 0.3) is 0 Å². The zero-order valence-corrected chi connectivity index (χ0v) is 13.0. The van der Waals surface area contributed by atoms with Gasteiger partial charge in [-0.05, 0) is 42.4 Å². The summed E-state index contributed by atoms with van der Waals surface area (Å²) in [4.78, 5) is 0.420. The van der Waals surface area contributed by atoms with Crippen LogP contribution in [-0.4, -0.2) is 13.2 Å². The summed E-state index contributed by atoms with van der Waals surface area (Å²) in [6.45, 7) is 3.63. The molecule has 19 heavy (non-hydrogen) atoms. The molecule has 3 heteroatoms. The second-order valence-electron chi connectivity index (χ2n) is 5.69. The molecule has 2 aliphatic rings. The third kappa shape index (κ3) is 2.37. The van der Waals surface area contributed by atoms with Crippen molar-refractivity contribution in [2.75, 3.05) is 13.2 Å². The molecule has 2 nitrogen and oxygen atoms in total. The molecular formula is C16H21BrO2. The predicted molar refractivity (Wildman–Crippen MR) is 80.3 cm³/mol. The summed E-state index contributed by atoms with van der Waals surface area (Å²) >= 11 is 3.96. The van der Waals surface area contributed by atoms with Gasteiger partial charge in [0.25, 0.3) is 0 Å². The SMILES string of the molecule is CCC1(C(Br)c2ccc3c(c2)OCCO3)CCCC1. The Balaban J connectivity index is 1.88. The minimum Gasteiger partial charge on any atom is -0.486 e. The van der Waals surface area contributed by atoms with Crippen LogP contribution < -0.4 is 9.47 Å². The van der Waals surface area contributed by atoms with Crippen LogP contribution in [0.5, 0.6) is 11.5 Å². The van der Waals surface area contributed by atoms with Gasteiger partial charge in [-0.1, -0.05) is 41.8 Å². The minimum atomic E-state index is 0.420. The van der Waals surface area contributed by atoms with Crippen LogP contribution in [0.1, 0.15) is 49.4 Å². The van der Waals surface area contributed by atoms with E-state index in [-0.39, 0.29) is 0 Å². The second kappa shape index (κ2) is 5.35. The Hall–Kier alpha value is -0.700. The number of hydrogen-bond acceptors (Lipinski definition) is 2. The number of fused-ring (bicyclic) bond motifs is 1. The van der Waals surface area contributed by atoms with Crippen molar-refractivity contribution in [3.8, 4) is 11.5 Å². The maximum Gasteiger partial charge on any atom is 0.161 e. The average Bonchev–Trinajstić information content (AvgIpc) is 2.96. The standard InChI is InChI=1S/C16H21BrO2/c1-2-16(7-3-4-8-16)15(17)12-5-6-13-14(11-12)19-10-9-18-13/h5-6,11,15H,2-4,7-10H2,1H3. The maximum atomic E-state index is 5.70. The van der Waals surface area contributed by atoms with Gasteiger partial charge in [-0.15, -0.1) is 0 Å². The van der Waals surface area contributed by atoms with Crippen molar-refractivity contribution in [1.29, 1.82) is 0 Å². The Bertz CT molecular complexity index is 452. The summed E-state index contributed by atoms with van der Waals surface area (Å²) in [6, 6.07) is 6.39. The molecule has 1 aromatic rings. The van der Waals surface area contributed by atoms with Gasteiger partial charge in [0.1, 0.15) is 13.2 Å². The smallest absolute Gasteiger partial charge is 0.161 e. The van der Waals surface area contributed by atoms with Crippen molar-refractivity contribution in [2.45, 2.75) is 43.9 Å². The lowest BCUT2D eigenvalue weighted by molar-refractivity contribution is 0.171. The third-order valence-electron chi connectivity index (χ3n) is 4.70. The van der Waals surface area contributed by atoms with E-state index in [0.717, 1.165) is 11.5 Å². The first-order valence-electron chi connectivity index (χ1n) is 7.29. The zero-order valence-electron chi connectivity index (χ0n) is 11.5. The molecule has 0 saturated heterocycles.